The maximum absolute atomic E-state index is 11.7. The first-order valence-corrected chi connectivity index (χ1v) is 6.27. The summed E-state index contributed by atoms with van der Waals surface area (Å²) in [4.78, 5) is 13.5. The zero-order valence-electron chi connectivity index (χ0n) is 9.60. The van der Waals surface area contributed by atoms with Crippen molar-refractivity contribution in [3.63, 3.8) is 0 Å². The summed E-state index contributed by atoms with van der Waals surface area (Å²) in [5, 5.41) is 0. The van der Waals surface area contributed by atoms with Gasteiger partial charge in [-0.25, -0.2) is 4.79 Å². The standard InChI is InChI=1S/C13H14BrNO2/c1-17-13(16)15-9-5-4-8-12(15)10-6-2-3-7-11(10)14/h2-7,12H,8-9H2,1H3. The number of hydrogen-bond acceptors (Lipinski definition) is 2. The molecule has 1 aromatic carbocycles. The van der Waals surface area contributed by atoms with Crippen molar-refractivity contribution in [1.82, 2.24) is 4.90 Å². The van der Waals surface area contributed by atoms with E-state index in [0.29, 0.717) is 6.54 Å². The summed E-state index contributed by atoms with van der Waals surface area (Å²) in [6.45, 7) is 0.596. The lowest BCUT2D eigenvalue weighted by molar-refractivity contribution is 0.108. The lowest BCUT2D eigenvalue weighted by Crippen LogP contribution is -2.36. The van der Waals surface area contributed by atoms with Crippen LogP contribution in [0.5, 0.6) is 0 Å². The molecule has 1 aliphatic rings. The van der Waals surface area contributed by atoms with Crippen LogP contribution in [-0.2, 0) is 4.74 Å². The quantitative estimate of drug-likeness (QED) is 0.742. The molecule has 1 aromatic rings. The molecule has 0 saturated carbocycles. The van der Waals surface area contributed by atoms with Gasteiger partial charge >= 0.3 is 6.09 Å². The first-order valence-electron chi connectivity index (χ1n) is 5.48. The number of ether oxygens (including phenoxy) is 1. The summed E-state index contributed by atoms with van der Waals surface area (Å²) in [6, 6.07) is 8.01. The largest absolute Gasteiger partial charge is 0.453 e. The number of amides is 1. The molecule has 90 valence electrons. The van der Waals surface area contributed by atoms with Crippen LogP contribution in [0.2, 0.25) is 0 Å². The number of hydrogen-bond donors (Lipinski definition) is 0. The highest BCUT2D eigenvalue weighted by atomic mass is 79.9. The molecule has 0 radical (unpaired) electrons. The number of rotatable bonds is 1. The van der Waals surface area contributed by atoms with Gasteiger partial charge in [0.15, 0.2) is 0 Å². The lowest BCUT2D eigenvalue weighted by Gasteiger charge is -2.32. The second kappa shape index (κ2) is 5.36. The van der Waals surface area contributed by atoms with Crippen LogP contribution < -0.4 is 0 Å². The molecule has 1 unspecified atom stereocenters. The van der Waals surface area contributed by atoms with E-state index in [1.807, 2.05) is 30.3 Å². The minimum absolute atomic E-state index is 0.0445. The van der Waals surface area contributed by atoms with E-state index in [1.165, 1.54) is 7.11 Å². The van der Waals surface area contributed by atoms with Gasteiger partial charge in [0, 0.05) is 11.0 Å². The van der Waals surface area contributed by atoms with E-state index in [-0.39, 0.29) is 12.1 Å². The molecular weight excluding hydrogens is 282 g/mol. The number of carbonyl (C=O) groups excluding carboxylic acids is 1. The minimum atomic E-state index is -0.282. The number of nitrogens with zero attached hydrogens (tertiary/aromatic N) is 1. The number of halogens is 1. The fourth-order valence-corrected chi connectivity index (χ4v) is 2.58. The van der Waals surface area contributed by atoms with Crippen molar-refractivity contribution in [2.45, 2.75) is 12.5 Å². The van der Waals surface area contributed by atoms with E-state index in [1.54, 1.807) is 4.90 Å². The van der Waals surface area contributed by atoms with Gasteiger partial charge in [0.2, 0.25) is 0 Å². The maximum Gasteiger partial charge on any atom is 0.410 e. The number of benzene rings is 1. The Morgan fingerprint density at radius 2 is 2.18 bits per heavy atom. The van der Waals surface area contributed by atoms with Gasteiger partial charge in [0.25, 0.3) is 0 Å². The second-order valence-corrected chi connectivity index (χ2v) is 4.72. The predicted octanol–water partition coefficient (Wildman–Crippen LogP) is 3.52. The third-order valence-electron chi connectivity index (χ3n) is 2.88. The zero-order chi connectivity index (χ0) is 12.3. The highest BCUT2D eigenvalue weighted by Crippen LogP contribution is 2.32. The summed E-state index contributed by atoms with van der Waals surface area (Å²) in [5.74, 6) is 0. The Kier molecular flexibility index (Phi) is 3.84. The van der Waals surface area contributed by atoms with E-state index in [0.717, 1.165) is 16.5 Å². The Hall–Kier alpha value is -1.29. The van der Waals surface area contributed by atoms with E-state index < -0.39 is 0 Å². The molecule has 3 nitrogen and oxygen atoms in total. The Bertz CT molecular complexity index is 445. The van der Waals surface area contributed by atoms with Gasteiger partial charge in [-0.05, 0) is 18.1 Å². The molecule has 0 N–H and O–H groups in total. The van der Waals surface area contributed by atoms with E-state index in [4.69, 9.17) is 4.74 Å². The van der Waals surface area contributed by atoms with Crippen LogP contribution in [0.1, 0.15) is 18.0 Å². The topological polar surface area (TPSA) is 29.5 Å². The molecule has 17 heavy (non-hydrogen) atoms. The summed E-state index contributed by atoms with van der Waals surface area (Å²) in [7, 11) is 1.41. The van der Waals surface area contributed by atoms with Crippen LogP contribution in [0, 0.1) is 0 Å². The molecule has 0 saturated heterocycles. The zero-order valence-corrected chi connectivity index (χ0v) is 11.2. The highest BCUT2D eigenvalue weighted by molar-refractivity contribution is 9.10. The summed E-state index contributed by atoms with van der Waals surface area (Å²) in [5.41, 5.74) is 1.11. The molecule has 0 fully saturated rings. The average Bonchev–Trinajstić information content (AvgIpc) is 2.38. The van der Waals surface area contributed by atoms with Crippen molar-refractivity contribution < 1.29 is 9.53 Å². The fraction of sp³-hybridized carbons (Fsp3) is 0.308. The molecule has 1 amide bonds. The van der Waals surface area contributed by atoms with Crippen LogP contribution >= 0.6 is 15.9 Å². The average molecular weight is 296 g/mol. The number of carbonyl (C=O) groups is 1. The summed E-state index contributed by atoms with van der Waals surface area (Å²) in [6.07, 6.45) is 4.63. The third-order valence-corrected chi connectivity index (χ3v) is 3.60. The van der Waals surface area contributed by atoms with Crippen molar-refractivity contribution in [3.8, 4) is 0 Å². The Morgan fingerprint density at radius 1 is 1.41 bits per heavy atom. The molecule has 0 bridgehead atoms. The van der Waals surface area contributed by atoms with Crippen molar-refractivity contribution in [2.75, 3.05) is 13.7 Å². The summed E-state index contributed by atoms with van der Waals surface area (Å²) < 4.78 is 5.84. The molecule has 0 aromatic heterocycles. The molecule has 1 atom stereocenters. The van der Waals surface area contributed by atoms with Crippen molar-refractivity contribution in [2.24, 2.45) is 0 Å². The Balaban J connectivity index is 2.32. The molecule has 1 heterocycles. The predicted molar refractivity (Wildman–Crippen MR) is 69.8 cm³/mol. The van der Waals surface area contributed by atoms with Gasteiger partial charge in [-0.1, -0.05) is 46.3 Å². The molecule has 0 aliphatic carbocycles. The van der Waals surface area contributed by atoms with Gasteiger partial charge in [-0.3, -0.25) is 4.90 Å². The lowest BCUT2D eigenvalue weighted by atomic mass is 9.99. The van der Waals surface area contributed by atoms with Crippen LogP contribution in [0.15, 0.2) is 40.9 Å². The molecule has 0 spiro atoms. The second-order valence-electron chi connectivity index (χ2n) is 3.87. The van der Waals surface area contributed by atoms with Gasteiger partial charge in [-0.2, -0.15) is 0 Å². The van der Waals surface area contributed by atoms with Crippen LogP contribution in [-0.4, -0.2) is 24.6 Å². The van der Waals surface area contributed by atoms with Crippen molar-refractivity contribution in [3.05, 3.63) is 46.5 Å². The SMILES string of the molecule is COC(=O)N1CC=CCC1c1ccccc1Br. The van der Waals surface area contributed by atoms with Crippen molar-refractivity contribution in [1.29, 1.82) is 0 Å². The maximum atomic E-state index is 11.7. The normalized spacial score (nSPS) is 19.2. The Morgan fingerprint density at radius 3 is 2.88 bits per heavy atom. The third kappa shape index (κ3) is 2.52. The van der Waals surface area contributed by atoms with Gasteiger partial charge in [0.05, 0.1) is 13.2 Å². The van der Waals surface area contributed by atoms with Crippen LogP contribution in [0.4, 0.5) is 4.79 Å². The first-order chi connectivity index (χ1) is 8.24. The van der Waals surface area contributed by atoms with E-state index in [9.17, 15) is 4.79 Å². The Labute approximate surface area is 109 Å². The van der Waals surface area contributed by atoms with Crippen molar-refractivity contribution >= 4 is 22.0 Å². The van der Waals surface area contributed by atoms with Crippen LogP contribution in [0.25, 0.3) is 0 Å². The first kappa shape index (κ1) is 12.2. The fourth-order valence-electron chi connectivity index (χ4n) is 2.03. The molecular formula is C13H14BrNO2. The molecule has 4 heteroatoms. The smallest absolute Gasteiger partial charge is 0.410 e. The van der Waals surface area contributed by atoms with Crippen LogP contribution in [0.3, 0.4) is 0 Å². The summed E-state index contributed by atoms with van der Waals surface area (Å²) >= 11 is 3.53. The van der Waals surface area contributed by atoms with Gasteiger partial charge < -0.3 is 4.74 Å². The van der Waals surface area contributed by atoms with Gasteiger partial charge in [0.1, 0.15) is 0 Å². The monoisotopic (exact) mass is 295 g/mol. The van der Waals surface area contributed by atoms with E-state index in [2.05, 4.69) is 22.0 Å². The van der Waals surface area contributed by atoms with Gasteiger partial charge in [-0.15, -0.1) is 0 Å². The van der Waals surface area contributed by atoms with E-state index >= 15 is 0 Å². The minimum Gasteiger partial charge on any atom is -0.453 e. The number of methoxy groups -OCH3 is 1. The highest BCUT2D eigenvalue weighted by Gasteiger charge is 2.27. The molecule has 2 rings (SSSR count). The molecule has 1 aliphatic heterocycles.